The summed E-state index contributed by atoms with van der Waals surface area (Å²) >= 11 is 0. The second-order valence-corrected chi connectivity index (χ2v) is 6.66. The Kier molecular flexibility index (Phi) is 6.86. The first-order chi connectivity index (χ1) is 10.0. The van der Waals surface area contributed by atoms with Crippen LogP contribution in [-0.4, -0.2) is 44.4 Å². The van der Waals surface area contributed by atoms with Gasteiger partial charge in [-0.25, -0.2) is 13.2 Å². The van der Waals surface area contributed by atoms with Gasteiger partial charge >= 0.3 is 5.97 Å². The van der Waals surface area contributed by atoms with Crippen LogP contribution in [0.3, 0.4) is 0 Å². The van der Waals surface area contributed by atoms with Crippen LogP contribution in [0.2, 0.25) is 0 Å². The van der Waals surface area contributed by atoms with Gasteiger partial charge in [0.05, 0.1) is 6.61 Å². The van der Waals surface area contributed by atoms with Crippen LogP contribution in [0.1, 0.15) is 36.7 Å². The predicted octanol–water partition coefficient (Wildman–Crippen LogP) is 1.38. The molecule has 1 atom stereocenters. The van der Waals surface area contributed by atoms with Crippen molar-refractivity contribution in [2.24, 2.45) is 5.73 Å². The molecule has 9 heteroatoms. The number of carbonyl (C=O) groups excluding carboxylic acids is 1. The summed E-state index contributed by atoms with van der Waals surface area (Å²) in [6.07, 6.45) is 2.49. The Bertz CT molecular complexity index is 601. The van der Waals surface area contributed by atoms with Crippen molar-refractivity contribution in [2.75, 3.05) is 19.7 Å². The van der Waals surface area contributed by atoms with E-state index in [1.165, 1.54) is 16.4 Å². The SMILES string of the molecule is CCOC(=O)c1ccc(S(=O)(=O)N2CCCCC2CN)o1.Cl. The fraction of sp³-hybridized carbons (Fsp3) is 0.615. The molecule has 1 aromatic heterocycles. The van der Waals surface area contributed by atoms with E-state index in [0.29, 0.717) is 6.54 Å². The van der Waals surface area contributed by atoms with Gasteiger partial charge in [0.15, 0.2) is 0 Å². The first-order valence-electron chi connectivity index (χ1n) is 6.99. The molecule has 1 fully saturated rings. The Hall–Kier alpha value is -1.09. The second-order valence-electron chi connectivity index (χ2n) is 4.84. The van der Waals surface area contributed by atoms with Crippen molar-refractivity contribution < 1.29 is 22.4 Å². The van der Waals surface area contributed by atoms with Gasteiger partial charge in [0.1, 0.15) is 0 Å². The molecule has 22 heavy (non-hydrogen) atoms. The monoisotopic (exact) mass is 352 g/mol. The third-order valence-corrected chi connectivity index (χ3v) is 5.29. The molecule has 0 amide bonds. The molecule has 1 aliphatic rings. The van der Waals surface area contributed by atoms with Crippen LogP contribution >= 0.6 is 12.4 Å². The van der Waals surface area contributed by atoms with Crippen LogP contribution in [0.25, 0.3) is 0 Å². The number of hydrogen-bond donors (Lipinski definition) is 1. The third kappa shape index (κ3) is 3.81. The van der Waals surface area contributed by atoms with Gasteiger partial charge in [-0.3, -0.25) is 0 Å². The van der Waals surface area contributed by atoms with Crippen LogP contribution < -0.4 is 5.73 Å². The van der Waals surface area contributed by atoms with E-state index in [4.69, 9.17) is 14.9 Å². The van der Waals surface area contributed by atoms with E-state index >= 15 is 0 Å². The molecule has 0 radical (unpaired) electrons. The minimum atomic E-state index is -3.77. The molecule has 0 aromatic carbocycles. The van der Waals surface area contributed by atoms with Crippen molar-refractivity contribution in [1.29, 1.82) is 0 Å². The summed E-state index contributed by atoms with van der Waals surface area (Å²) in [4.78, 5) is 11.5. The summed E-state index contributed by atoms with van der Waals surface area (Å²) in [5.74, 6) is -0.787. The Balaban J connectivity index is 0.00000242. The molecule has 2 heterocycles. The zero-order valence-corrected chi connectivity index (χ0v) is 14.0. The number of nitrogens with zero attached hydrogens (tertiary/aromatic N) is 1. The van der Waals surface area contributed by atoms with Gasteiger partial charge in [-0.1, -0.05) is 6.42 Å². The number of furan rings is 1. The van der Waals surface area contributed by atoms with Crippen LogP contribution in [0, 0.1) is 0 Å². The molecule has 2 rings (SSSR count). The fourth-order valence-corrected chi connectivity index (χ4v) is 4.03. The maximum absolute atomic E-state index is 12.6. The second kappa shape index (κ2) is 7.96. The maximum atomic E-state index is 12.6. The summed E-state index contributed by atoms with van der Waals surface area (Å²) < 4.78 is 36.5. The molecule has 1 unspecified atom stereocenters. The van der Waals surface area contributed by atoms with Gasteiger partial charge in [-0.15, -0.1) is 12.4 Å². The van der Waals surface area contributed by atoms with Gasteiger partial charge in [-0.2, -0.15) is 4.31 Å². The number of sulfonamides is 1. The van der Waals surface area contributed by atoms with Crippen LogP contribution in [0.15, 0.2) is 21.6 Å². The lowest BCUT2D eigenvalue weighted by atomic mass is 10.1. The molecule has 1 saturated heterocycles. The number of nitrogens with two attached hydrogens (primary N) is 1. The fourth-order valence-electron chi connectivity index (χ4n) is 2.41. The Morgan fingerprint density at radius 1 is 1.45 bits per heavy atom. The summed E-state index contributed by atoms with van der Waals surface area (Å²) in [6.45, 7) is 2.55. The van der Waals surface area contributed by atoms with Crippen LogP contribution in [-0.2, 0) is 14.8 Å². The number of piperidine rings is 1. The van der Waals surface area contributed by atoms with Crippen molar-refractivity contribution in [2.45, 2.75) is 37.3 Å². The van der Waals surface area contributed by atoms with E-state index in [0.717, 1.165) is 19.3 Å². The van der Waals surface area contributed by atoms with E-state index < -0.39 is 16.0 Å². The molecule has 126 valence electrons. The minimum Gasteiger partial charge on any atom is -0.460 e. The summed E-state index contributed by atoms with van der Waals surface area (Å²) in [6, 6.07) is 2.37. The molecule has 0 bridgehead atoms. The third-order valence-electron chi connectivity index (χ3n) is 3.47. The largest absolute Gasteiger partial charge is 0.460 e. The van der Waals surface area contributed by atoms with Gasteiger partial charge in [0.25, 0.3) is 10.0 Å². The topological polar surface area (TPSA) is 103 Å². The number of halogens is 1. The number of esters is 1. The molecule has 0 saturated carbocycles. The van der Waals surface area contributed by atoms with Crippen LogP contribution in [0.4, 0.5) is 0 Å². The van der Waals surface area contributed by atoms with Gasteiger partial charge in [0.2, 0.25) is 10.9 Å². The Morgan fingerprint density at radius 3 is 2.82 bits per heavy atom. The van der Waals surface area contributed by atoms with Crippen molar-refractivity contribution in [3.63, 3.8) is 0 Å². The van der Waals surface area contributed by atoms with E-state index in [-0.39, 0.29) is 42.5 Å². The van der Waals surface area contributed by atoms with Gasteiger partial charge in [0, 0.05) is 19.1 Å². The van der Waals surface area contributed by atoms with E-state index in [9.17, 15) is 13.2 Å². The van der Waals surface area contributed by atoms with E-state index in [2.05, 4.69) is 0 Å². The van der Waals surface area contributed by atoms with Crippen molar-refractivity contribution in [3.05, 3.63) is 17.9 Å². The van der Waals surface area contributed by atoms with E-state index in [1.807, 2.05) is 0 Å². The van der Waals surface area contributed by atoms with Crippen molar-refractivity contribution in [3.8, 4) is 0 Å². The number of hydrogen-bond acceptors (Lipinski definition) is 6. The van der Waals surface area contributed by atoms with Gasteiger partial charge in [-0.05, 0) is 31.9 Å². The van der Waals surface area contributed by atoms with Gasteiger partial charge < -0.3 is 14.9 Å². The highest BCUT2D eigenvalue weighted by Crippen LogP contribution is 2.26. The first kappa shape index (κ1) is 19.0. The Morgan fingerprint density at radius 2 is 2.18 bits per heavy atom. The average molecular weight is 353 g/mol. The molecule has 0 spiro atoms. The summed E-state index contributed by atoms with van der Waals surface area (Å²) in [7, 11) is -3.77. The number of rotatable bonds is 5. The minimum absolute atomic E-state index is 0. The van der Waals surface area contributed by atoms with E-state index in [1.54, 1.807) is 6.92 Å². The van der Waals surface area contributed by atoms with Crippen molar-refractivity contribution >= 4 is 28.4 Å². The molecule has 7 nitrogen and oxygen atoms in total. The molecular formula is C13H21ClN2O5S. The maximum Gasteiger partial charge on any atom is 0.374 e. The quantitative estimate of drug-likeness (QED) is 0.803. The highest BCUT2D eigenvalue weighted by atomic mass is 35.5. The predicted molar refractivity (Wildman–Crippen MR) is 82.5 cm³/mol. The average Bonchev–Trinajstić information content (AvgIpc) is 2.98. The number of ether oxygens (including phenoxy) is 1. The zero-order valence-electron chi connectivity index (χ0n) is 12.4. The standard InChI is InChI=1S/C13H20N2O5S.ClH/c1-2-19-13(16)11-6-7-12(20-11)21(17,18)15-8-4-3-5-10(15)9-14;/h6-7,10H,2-5,8-9,14H2,1H3;1H. The smallest absolute Gasteiger partial charge is 0.374 e. The zero-order chi connectivity index (χ0) is 15.5. The summed E-state index contributed by atoms with van der Waals surface area (Å²) in [5.41, 5.74) is 5.65. The lowest BCUT2D eigenvalue weighted by Gasteiger charge is -2.32. The number of carbonyl (C=O) groups is 1. The lowest BCUT2D eigenvalue weighted by Crippen LogP contribution is -2.47. The lowest BCUT2D eigenvalue weighted by molar-refractivity contribution is 0.0483. The molecule has 1 aliphatic heterocycles. The molecule has 1 aromatic rings. The summed E-state index contributed by atoms with van der Waals surface area (Å²) in [5, 5.41) is -0.245. The highest BCUT2D eigenvalue weighted by molar-refractivity contribution is 7.89. The molecule has 2 N–H and O–H groups in total. The highest BCUT2D eigenvalue weighted by Gasteiger charge is 2.35. The van der Waals surface area contributed by atoms with Crippen LogP contribution in [0.5, 0.6) is 0 Å². The molecule has 0 aliphatic carbocycles. The van der Waals surface area contributed by atoms with Crippen molar-refractivity contribution in [1.82, 2.24) is 4.31 Å². The normalized spacial score (nSPS) is 19.5. The first-order valence-corrected chi connectivity index (χ1v) is 8.43. The Labute approximate surface area is 136 Å². The molecular weight excluding hydrogens is 332 g/mol.